The Morgan fingerprint density at radius 2 is 1.94 bits per heavy atom. The fourth-order valence-corrected chi connectivity index (χ4v) is 2.20. The van der Waals surface area contributed by atoms with Gasteiger partial charge < -0.3 is 5.43 Å². The quantitative estimate of drug-likeness (QED) is 0.474. The van der Waals surface area contributed by atoms with Crippen LogP contribution in [0, 0.1) is 0 Å². The van der Waals surface area contributed by atoms with Gasteiger partial charge in [-0.15, -0.1) is 34.8 Å². The molecule has 0 spiro atoms. The molecule has 3 N–H and O–H groups in total. The highest BCUT2D eigenvalue weighted by atomic mass is 35.5. The Bertz CT molecular complexity index is 329. The maximum Gasteiger partial charge on any atom is 0.122 e. The van der Waals surface area contributed by atoms with Crippen molar-refractivity contribution in [1.29, 1.82) is 0 Å². The van der Waals surface area contributed by atoms with Crippen LogP contribution in [0.15, 0.2) is 24.3 Å². The van der Waals surface area contributed by atoms with E-state index in [9.17, 15) is 0 Å². The van der Waals surface area contributed by atoms with Crippen LogP contribution in [0.3, 0.4) is 0 Å². The number of nitrogens with one attached hydrogen (secondary N) is 1. The molecule has 0 radical (unpaired) electrons. The number of hydrogen-bond acceptors (Lipinski definition) is 2. The average Bonchev–Trinajstić information content (AvgIpc) is 2.27. The highest BCUT2D eigenvalue weighted by molar-refractivity contribution is 6.48. The van der Waals surface area contributed by atoms with Gasteiger partial charge in [-0.1, -0.05) is 18.2 Å². The van der Waals surface area contributed by atoms with E-state index in [0.717, 1.165) is 17.7 Å². The van der Waals surface area contributed by atoms with E-state index in [0.29, 0.717) is 18.7 Å². The molecular formula is C11H15Cl3N2. The van der Waals surface area contributed by atoms with Gasteiger partial charge in [0.1, 0.15) is 4.33 Å². The van der Waals surface area contributed by atoms with Crippen LogP contribution in [0.4, 0.5) is 5.69 Å². The molecule has 2 nitrogen and oxygen atoms in total. The fourth-order valence-electron chi connectivity index (χ4n) is 1.51. The van der Waals surface area contributed by atoms with Gasteiger partial charge in [0.05, 0.1) is 5.69 Å². The zero-order valence-electron chi connectivity index (χ0n) is 8.85. The van der Waals surface area contributed by atoms with Crippen LogP contribution in [0.5, 0.6) is 0 Å². The Morgan fingerprint density at radius 3 is 2.56 bits per heavy atom. The Hall–Kier alpha value is -0.150. The van der Waals surface area contributed by atoms with Crippen molar-refractivity contribution in [2.24, 2.45) is 5.84 Å². The van der Waals surface area contributed by atoms with Gasteiger partial charge in [0.15, 0.2) is 0 Å². The zero-order valence-corrected chi connectivity index (χ0v) is 11.1. The number of halogens is 3. The summed E-state index contributed by atoms with van der Waals surface area (Å²) in [6, 6.07) is 7.68. The number of hydrogen-bond donors (Lipinski definition) is 2. The van der Waals surface area contributed by atoms with Gasteiger partial charge in [0.2, 0.25) is 0 Å². The lowest BCUT2D eigenvalue weighted by molar-refractivity contribution is 0.675. The second-order valence-electron chi connectivity index (χ2n) is 3.63. The lowest BCUT2D eigenvalue weighted by Crippen LogP contribution is -2.19. The Morgan fingerprint density at radius 1 is 1.25 bits per heavy atom. The van der Waals surface area contributed by atoms with E-state index in [-0.39, 0.29) is 0 Å². The van der Waals surface area contributed by atoms with Crippen molar-refractivity contribution in [3.63, 3.8) is 0 Å². The van der Waals surface area contributed by atoms with Crippen molar-refractivity contribution in [3.8, 4) is 0 Å². The summed E-state index contributed by atoms with van der Waals surface area (Å²) in [7, 11) is 0. The van der Waals surface area contributed by atoms with Gasteiger partial charge in [-0.3, -0.25) is 5.84 Å². The van der Waals surface area contributed by atoms with Crippen LogP contribution in [-0.2, 0) is 6.42 Å². The summed E-state index contributed by atoms with van der Waals surface area (Å²) in [6.45, 7) is 0. The van der Waals surface area contributed by atoms with Gasteiger partial charge in [0, 0.05) is 12.3 Å². The molecule has 0 bridgehead atoms. The third-order valence-electron chi connectivity index (χ3n) is 2.30. The normalized spacial score (nSPS) is 11.5. The van der Waals surface area contributed by atoms with E-state index >= 15 is 0 Å². The minimum absolute atomic E-state index is 0.549. The number of rotatable bonds is 6. The van der Waals surface area contributed by atoms with E-state index < -0.39 is 4.33 Å². The van der Waals surface area contributed by atoms with Crippen molar-refractivity contribution in [2.75, 3.05) is 11.3 Å². The van der Waals surface area contributed by atoms with Crippen LogP contribution >= 0.6 is 34.8 Å². The highest BCUT2D eigenvalue weighted by Gasteiger charge is 2.24. The average molecular weight is 282 g/mol. The summed E-state index contributed by atoms with van der Waals surface area (Å²) in [5, 5.41) is 0. The maximum absolute atomic E-state index is 6.22. The zero-order chi connectivity index (χ0) is 12.0. The molecule has 1 aromatic rings. The van der Waals surface area contributed by atoms with Crippen LogP contribution in [0.1, 0.15) is 18.4 Å². The first-order valence-electron chi connectivity index (χ1n) is 5.07. The first kappa shape index (κ1) is 13.9. The number of alkyl halides is 3. The van der Waals surface area contributed by atoms with E-state index in [4.69, 9.17) is 40.6 Å². The number of hydrazine groups is 1. The number of para-hydroxylation sites is 1. The van der Waals surface area contributed by atoms with Crippen molar-refractivity contribution in [1.82, 2.24) is 0 Å². The molecule has 0 saturated heterocycles. The van der Waals surface area contributed by atoms with Crippen molar-refractivity contribution >= 4 is 40.5 Å². The predicted molar refractivity (Wildman–Crippen MR) is 72.3 cm³/mol. The van der Waals surface area contributed by atoms with Gasteiger partial charge >= 0.3 is 0 Å². The summed E-state index contributed by atoms with van der Waals surface area (Å²) in [4.78, 5) is 0. The number of anilines is 1. The summed E-state index contributed by atoms with van der Waals surface area (Å²) in [5.41, 5.74) is 4.48. The van der Waals surface area contributed by atoms with Crippen LogP contribution in [-0.4, -0.2) is 10.2 Å². The molecule has 16 heavy (non-hydrogen) atoms. The molecule has 0 aliphatic rings. The summed E-state index contributed by atoms with van der Waals surface area (Å²) in [5.74, 6) is 5.98. The lowest BCUT2D eigenvalue weighted by Gasteiger charge is -2.20. The molecule has 0 atom stereocenters. The molecule has 90 valence electrons. The van der Waals surface area contributed by atoms with Crippen molar-refractivity contribution < 1.29 is 0 Å². The van der Waals surface area contributed by atoms with Crippen LogP contribution in [0.2, 0.25) is 0 Å². The summed E-state index contributed by atoms with van der Waals surface area (Å²) < 4.78 is -0.790. The lowest BCUT2D eigenvalue weighted by atomic mass is 10.0. The van der Waals surface area contributed by atoms with Gasteiger partial charge in [-0.25, -0.2) is 0 Å². The van der Waals surface area contributed by atoms with Crippen molar-refractivity contribution in [3.05, 3.63) is 29.8 Å². The van der Waals surface area contributed by atoms with Crippen LogP contribution in [0.25, 0.3) is 0 Å². The molecule has 5 heteroatoms. The molecule has 0 fully saturated rings. The van der Waals surface area contributed by atoms with Crippen molar-refractivity contribution in [2.45, 2.75) is 23.6 Å². The number of nitrogen functional groups attached to an aromatic ring is 1. The minimum Gasteiger partial charge on any atom is -0.324 e. The molecular weight excluding hydrogens is 266 g/mol. The van der Waals surface area contributed by atoms with E-state index in [2.05, 4.69) is 5.43 Å². The maximum atomic E-state index is 6.22. The molecule has 0 saturated carbocycles. The Balaban J connectivity index is 2.71. The van der Waals surface area contributed by atoms with Gasteiger partial charge in [0.25, 0.3) is 0 Å². The third-order valence-corrected chi connectivity index (χ3v) is 3.21. The van der Waals surface area contributed by atoms with E-state index in [1.807, 2.05) is 24.3 Å². The van der Waals surface area contributed by atoms with Gasteiger partial charge in [-0.05, 0) is 24.5 Å². The predicted octanol–water partition coefficient (Wildman–Crippen LogP) is 3.71. The Kier molecular flexibility index (Phi) is 5.70. The van der Waals surface area contributed by atoms with E-state index in [1.54, 1.807) is 0 Å². The molecule has 1 aromatic carbocycles. The molecule has 0 heterocycles. The smallest absolute Gasteiger partial charge is 0.122 e. The molecule has 0 aliphatic carbocycles. The largest absolute Gasteiger partial charge is 0.324 e. The van der Waals surface area contributed by atoms with E-state index in [1.165, 1.54) is 0 Å². The molecule has 0 unspecified atom stereocenters. The molecule has 0 aliphatic heterocycles. The fraction of sp³-hybridized carbons (Fsp3) is 0.455. The summed E-state index contributed by atoms with van der Waals surface area (Å²) >= 11 is 18.1. The standard InChI is InChI=1S/C11H15Cl3N2/c12-7-3-6-11(13,14)8-9-4-1-2-5-10(9)16-15/h1-2,4-5,16H,3,6-8,15H2. The number of nitrogens with two attached hydrogens (primary N) is 1. The highest BCUT2D eigenvalue weighted by Crippen LogP contribution is 2.33. The molecule has 1 rings (SSSR count). The number of benzene rings is 1. The summed E-state index contributed by atoms with van der Waals surface area (Å²) in [6.07, 6.45) is 2.01. The SMILES string of the molecule is NNc1ccccc1CC(Cl)(Cl)CCCCl. The first-order valence-corrected chi connectivity index (χ1v) is 6.36. The third kappa shape index (κ3) is 4.38. The Labute approximate surface area is 111 Å². The molecule has 0 aromatic heterocycles. The monoisotopic (exact) mass is 280 g/mol. The molecule has 0 amide bonds. The second kappa shape index (κ2) is 6.55. The topological polar surface area (TPSA) is 38.0 Å². The minimum atomic E-state index is -0.790. The second-order valence-corrected chi connectivity index (χ2v) is 5.65. The van der Waals surface area contributed by atoms with Gasteiger partial charge in [-0.2, -0.15) is 0 Å². The first-order chi connectivity index (χ1) is 7.59. The van der Waals surface area contributed by atoms with Crippen LogP contribution < -0.4 is 11.3 Å².